The summed E-state index contributed by atoms with van der Waals surface area (Å²) < 4.78 is 3.30. The first-order valence-corrected chi connectivity index (χ1v) is 6.99. The summed E-state index contributed by atoms with van der Waals surface area (Å²) in [6.07, 6.45) is 5.95. The van der Waals surface area contributed by atoms with E-state index in [1.807, 2.05) is 20.9 Å². The molecule has 0 aliphatic rings. The predicted octanol–water partition coefficient (Wildman–Crippen LogP) is 1.05. The van der Waals surface area contributed by atoms with E-state index >= 15 is 0 Å². The molecule has 0 spiro atoms. The fourth-order valence-electron chi connectivity index (χ4n) is 2.49. The Morgan fingerprint density at radius 2 is 2.18 bits per heavy atom. The van der Waals surface area contributed by atoms with Crippen molar-refractivity contribution >= 4 is 17.2 Å². The van der Waals surface area contributed by atoms with Gasteiger partial charge in [0, 0.05) is 25.2 Å². The van der Waals surface area contributed by atoms with E-state index in [0.717, 1.165) is 22.5 Å². The molecule has 8 heteroatoms. The maximum absolute atomic E-state index is 12.0. The number of hydrogen-bond acceptors (Lipinski definition) is 5. The van der Waals surface area contributed by atoms with E-state index in [-0.39, 0.29) is 5.91 Å². The lowest BCUT2D eigenvalue weighted by Crippen LogP contribution is -2.13. The Hall–Kier alpha value is -2.77. The van der Waals surface area contributed by atoms with Crippen molar-refractivity contribution in [2.24, 2.45) is 7.05 Å². The second-order valence-electron chi connectivity index (χ2n) is 5.24. The van der Waals surface area contributed by atoms with E-state index in [9.17, 15) is 4.79 Å². The third-order valence-corrected chi connectivity index (χ3v) is 3.60. The van der Waals surface area contributed by atoms with Crippen LogP contribution in [-0.2, 0) is 18.3 Å². The molecule has 8 nitrogen and oxygen atoms in total. The highest BCUT2D eigenvalue weighted by Crippen LogP contribution is 2.17. The molecule has 22 heavy (non-hydrogen) atoms. The monoisotopic (exact) mass is 299 g/mol. The van der Waals surface area contributed by atoms with Gasteiger partial charge in [-0.2, -0.15) is 10.2 Å². The first kappa shape index (κ1) is 14.2. The lowest BCUT2D eigenvalue weighted by Gasteiger charge is -2.09. The largest absolute Gasteiger partial charge is 0.323 e. The number of anilines is 1. The van der Waals surface area contributed by atoms with Gasteiger partial charge >= 0.3 is 0 Å². The van der Waals surface area contributed by atoms with Crippen LogP contribution in [0.15, 0.2) is 18.7 Å². The molecule has 0 aliphatic carbocycles. The highest BCUT2D eigenvalue weighted by Gasteiger charge is 2.13. The van der Waals surface area contributed by atoms with Crippen molar-refractivity contribution < 1.29 is 4.79 Å². The van der Waals surface area contributed by atoms with Gasteiger partial charge in [0.2, 0.25) is 5.91 Å². The fourth-order valence-corrected chi connectivity index (χ4v) is 2.49. The number of hydrogen-bond donors (Lipinski definition) is 1. The Labute approximate surface area is 127 Å². The molecular formula is C14H17N7O. The molecule has 3 heterocycles. The molecule has 0 unspecified atom stereocenters. The SMILES string of the molecule is Cc1nn2cnnc2c(C)c1CCC(=O)Nc1cnn(C)c1. The number of aryl methyl sites for hydroxylation is 3. The average Bonchev–Trinajstić information content (AvgIpc) is 3.07. The van der Waals surface area contributed by atoms with E-state index in [4.69, 9.17) is 0 Å². The minimum Gasteiger partial charge on any atom is -0.323 e. The van der Waals surface area contributed by atoms with Gasteiger partial charge in [0.25, 0.3) is 0 Å². The molecule has 0 saturated heterocycles. The molecule has 3 aromatic rings. The van der Waals surface area contributed by atoms with Gasteiger partial charge in [-0.15, -0.1) is 10.2 Å². The number of nitrogens with one attached hydrogen (secondary N) is 1. The topological polar surface area (TPSA) is 90.0 Å². The summed E-state index contributed by atoms with van der Waals surface area (Å²) in [5, 5.41) is 19.2. The van der Waals surface area contributed by atoms with Crippen molar-refractivity contribution in [2.45, 2.75) is 26.7 Å². The Bertz CT molecular complexity index is 833. The minimum atomic E-state index is -0.0480. The Kier molecular flexibility index (Phi) is 3.58. The second-order valence-corrected chi connectivity index (χ2v) is 5.24. The number of nitrogens with zero attached hydrogens (tertiary/aromatic N) is 6. The van der Waals surface area contributed by atoms with Gasteiger partial charge in [-0.25, -0.2) is 4.52 Å². The van der Waals surface area contributed by atoms with Gasteiger partial charge in [0.05, 0.1) is 17.6 Å². The van der Waals surface area contributed by atoms with Gasteiger partial charge in [-0.1, -0.05) is 0 Å². The molecule has 0 aliphatic heterocycles. The number of rotatable bonds is 4. The van der Waals surface area contributed by atoms with Crippen molar-refractivity contribution in [3.63, 3.8) is 0 Å². The zero-order chi connectivity index (χ0) is 15.7. The highest BCUT2D eigenvalue weighted by atomic mass is 16.1. The Balaban J connectivity index is 1.72. The summed E-state index contributed by atoms with van der Waals surface area (Å²) >= 11 is 0. The number of amides is 1. The van der Waals surface area contributed by atoms with Crippen LogP contribution in [0, 0.1) is 13.8 Å². The Morgan fingerprint density at radius 3 is 2.91 bits per heavy atom. The molecular weight excluding hydrogens is 282 g/mol. The smallest absolute Gasteiger partial charge is 0.224 e. The van der Waals surface area contributed by atoms with Gasteiger partial charge in [-0.3, -0.25) is 9.48 Å². The molecule has 114 valence electrons. The molecule has 3 rings (SSSR count). The van der Waals surface area contributed by atoms with Crippen molar-refractivity contribution in [3.05, 3.63) is 35.5 Å². The van der Waals surface area contributed by atoms with Crippen molar-refractivity contribution in [2.75, 3.05) is 5.32 Å². The molecule has 0 atom stereocenters. The van der Waals surface area contributed by atoms with Gasteiger partial charge < -0.3 is 5.32 Å². The lowest BCUT2D eigenvalue weighted by molar-refractivity contribution is -0.116. The minimum absolute atomic E-state index is 0.0480. The summed E-state index contributed by atoms with van der Waals surface area (Å²) in [5.41, 5.74) is 4.38. The van der Waals surface area contributed by atoms with Crippen LogP contribution in [0.3, 0.4) is 0 Å². The molecule has 1 amide bonds. The summed E-state index contributed by atoms with van der Waals surface area (Å²) in [6, 6.07) is 0. The van der Waals surface area contributed by atoms with Crippen LogP contribution >= 0.6 is 0 Å². The van der Waals surface area contributed by atoms with Crippen LogP contribution in [0.2, 0.25) is 0 Å². The van der Waals surface area contributed by atoms with Crippen LogP contribution in [0.5, 0.6) is 0 Å². The normalized spacial score (nSPS) is 11.0. The molecule has 3 aromatic heterocycles. The van der Waals surface area contributed by atoms with E-state index in [1.165, 1.54) is 0 Å². The standard InChI is InChI=1S/C14H17N7O/c1-9-12(10(2)19-21-8-15-18-14(9)21)4-5-13(22)17-11-6-16-20(3)7-11/h6-8H,4-5H2,1-3H3,(H,17,22). The van der Waals surface area contributed by atoms with E-state index in [1.54, 1.807) is 27.9 Å². The quantitative estimate of drug-likeness (QED) is 0.777. The summed E-state index contributed by atoms with van der Waals surface area (Å²) in [5.74, 6) is -0.0480. The van der Waals surface area contributed by atoms with Gasteiger partial charge in [0.1, 0.15) is 6.33 Å². The third kappa shape index (κ3) is 2.67. The van der Waals surface area contributed by atoms with Crippen LogP contribution in [0.25, 0.3) is 5.65 Å². The van der Waals surface area contributed by atoms with Gasteiger partial charge in [0.15, 0.2) is 5.65 Å². The van der Waals surface area contributed by atoms with E-state index in [2.05, 4.69) is 25.7 Å². The lowest BCUT2D eigenvalue weighted by atomic mass is 10.0. The number of carbonyl (C=O) groups is 1. The van der Waals surface area contributed by atoms with E-state index in [0.29, 0.717) is 18.5 Å². The van der Waals surface area contributed by atoms with Crippen LogP contribution in [0.1, 0.15) is 23.2 Å². The first-order valence-electron chi connectivity index (χ1n) is 6.99. The highest BCUT2D eigenvalue weighted by molar-refractivity contribution is 5.90. The zero-order valence-electron chi connectivity index (χ0n) is 12.7. The molecule has 0 aromatic carbocycles. The van der Waals surface area contributed by atoms with Crippen LogP contribution in [0.4, 0.5) is 5.69 Å². The van der Waals surface area contributed by atoms with E-state index < -0.39 is 0 Å². The second kappa shape index (κ2) is 5.55. The van der Waals surface area contributed by atoms with Crippen molar-refractivity contribution in [3.8, 4) is 0 Å². The first-order chi connectivity index (χ1) is 10.5. The fraction of sp³-hybridized carbons (Fsp3) is 0.357. The summed E-state index contributed by atoms with van der Waals surface area (Å²) in [7, 11) is 1.81. The van der Waals surface area contributed by atoms with Crippen molar-refractivity contribution in [1.82, 2.24) is 29.6 Å². The van der Waals surface area contributed by atoms with Gasteiger partial charge in [-0.05, 0) is 25.8 Å². The zero-order valence-corrected chi connectivity index (χ0v) is 12.7. The number of carbonyl (C=O) groups excluding carboxylic acids is 1. The predicted molar refractivity (Wildman–Crippen MR) is 80.4 cm³/mol. The maximum atomic E-state index is 12.0. The third-order valence-electron chi connectivity index (χ3n) is 3.60. The average molecular weight is 299 g/mol. The van der Waals surface area contributed by atoms with Crippen LogP contribution in [-0.4, -0.2) is 35.5 Å². The number of aromatic nitrogens is 6. The molecule has 0 fully saturated rings. The van der Waals surface area contributed by atoms with Crippen molar-refractivity contribution in [1.29, 1.82) is 0 Å². The Morgan fingerprint density at radius 1 is 1.36 bits per heavy atom. The number of fused-ring (bicyclic) bond motifs is 1. The summed E-state index contributed by atoms with van der Waals surface area (Å²) in [4.78, 5) is 12.0. The maximum Gasteiger partial charge on any atom is 0.224 e. The van der Waals surface area contributed by atoms with Crippen LogP contribution < -0.4 is 5.32 Å². The molecule has 0 radical (unpaired) electrons. The summed E-state index contributed by atoms with van der Waals surface area (Å²) in [6.45, 7) is 3.91. The molecule has 0 saturated carbocycles. The molecule has 0 bridgehead atoms. The molecule has 1 N–H and O–H groups in total.